The lowest BCUT2D eigenvalue weighted by Crippen LogP contribution is -2.36. The molecule has 110 valence electrons. The minimum absolute atomic E-state index is 0.214. The molecule has 0 saturated carbocycles. The van der Waals surface area contributed by atoms with Crippen molar-refractivity contribution in [2.45, 2.75) is 6.18 Å². The van der Waals surface area contributed by atoms with Crippen LogP contribution >= 0.6 is 15.9 Å². The maximum absolute atomic E-state index is 12.8. The van der Waals surface area contributed by atoms with E-state index in [0.29, 0.717) is 0 Å². The Morgan fingerprint density at radius 2 is 1.90 bits per heavy atom. The molecule has 4 nitrogen and oxygen atoms in total. The van der Waals surface area contributed by atoms with Crippen LogP contribution in [0, 0.1) is 0 Å². The van der Waals surface area contributed by atoms with Crippen molar-refractivity contribution < 1.29 is 22.8 Å². The van der Waals surface area contributed by atoms with E-state index in [9.17, 15) is 22.8 Å². The number of alkyl halides is 3. The Labute approximate surface area is 122 Å². The molecule has 1 N–H and O–H groups in total. The maximum atomic E-state index is 12.8. The molecule has 8 heteroatoms. The summed E-state index contributed by atoms with van der Waals surface area (Å²) in [6, 6.07) is 3.21. The van der Waals surface area contributed by atoms with E-state index in [-0.39, 0.29) is 11.0 Å². The van der Waals surface area contributed by atoms with E-state index >= 15 is 0 Å². The van der Waals surface area contributed by atoms with Crippen LogP contribution in [0.5, 0.6) is 0 Å². The monoisotopic (exact) mass is 352 g/mol. The second-order valence-corrected chi connectivity index (χ2v) is 5.07. The molecular weight excluding hydrogens is 341 g/mol. The van der Waals surface area contributed by atoms with Gasteiger partial charge in [-0.15, -0.1) is 0 Å². The number of halogens is 4. The van der Waals surface area contributed by atoms with Gasteiger partial charge < -0.3 is 10.2 Å². The zero-order valence-electron chi connectivity index (χ0n) is 10.7. The first-order chi connectivity index (χ1) is 9.12. The number of rotatable bonds is 3. The van der Waals surface area contributed by atoms with Gasteiger partial charge in [0.25, 0.3) is 5.91 Å². The zero-order chi connectivity index (χ0) is 15.5. The van der Waals surface area contributed by atoms with E-state index in [1.165, 1.54) is 25.1 Å². The molecule has 0 aliphatic heterocycles. The van der Waals surface area contributed by atoms with Crippen LogP contribution in [0.15, 0.2) is 22.7 Å². The maximum Gasteiger partial charge on any atom is 0.417 e. The van der Waals surface area contributed by atoms with Crippen LogP contribution in [0.1, 0.15) is 15.9 Å². The fourth-order valence-electron chi connectivity index (χ4n) is 1.36. The third-order valence-electron chi connectivity index (χ3n) is 2.43. The third kappa shape index (κ3) is 4.22. The van der Waals surface area contributed by atoms with E-state index in [4.69, 9.17) is 0 Å². The minimum atomic E-state index is -4.65. The fraction of sp³-hybridized carbons (Fsp3) is 0.333. The van der Waals surface area contributed by atoms with Gasteiger partial charge in [0.15, 0.2) is 0 Å². The average molecular weight is 353 g/mol. The first-order valence-corrected chi connectivity index (χ1v) is 6.27. The summed E-state index contributed by atoms with van der Waals surface area (Å²) in [5, 5.41) is 2.17. The highest BCUT2D eigenvalue weighted by Gasteiger charge is 2.35. The normalized spacial score (nSPS) is 11.1. The van der Waals surface area contributed by atoms with Crippen LogP contribution in [0.25, 0.3) is 0 Å². The smallest absolute Gasteiger partial charge is 0.347 e. The van der Waals surface area contributed by atoms with Crippen LogP contribution < -0.4 is 5.32 Å². The summed E-state index contributed by atoms with van der Waals surface area (Å²) in [5.41, 5.74) is -1.58. The lowest BCUT2D eigenvalue weighted by atomic mass is 10.1. The highest BCUT2D eigenvalue weighted by atomic mass is 79.9. The van der Waals surface area contributed by atoms with E-state index in [1.807, 2.05) is 0 Å². The van der Waals surface area contributed by atoms with Gasteiger partial charge in [-0.3, -0.25) is 9.59 Å². The summed E-state index contributed by atoms with van der Waals surface area (Å²) in [7, 11) is 2.96. The molecule has 0 radical (unpaired) electrons. The predicted octanol–water partition coefficient (Wildman–Crippen LogP) is 2.29. The lowest BCUT2D eigenvalue weighted by molar-refractivity contribution is -0.138. The summed E-state index contributed by atoms with van der Waals surface area (Å²) in [6.45, 7) is -0.362. The molecule has 0 saturated heterocycles. The molecule has 2 amide bonds. The second-order valence-electron chi connectivity index (χ2n) is 4.16. The fourth-order valence-corrected chi connectivity index (χ4v) is 1.72. The van der Waals surface area contributed by atoms with Gasteiger partial charge in [0.05, 0.1) is 17.7 Å². The standard InChI is InChI=1S/C12H12BrF3N2O2/c1-18(2)10(19)6-17-11(20)8-4-3-7(13)5-9(8)12(14,15)16/h3-5H,6H2,1-2H3,(H,17,20). The van der Waals surface area contributed by atoms with Gasteiger partial charge in [0.2, 0.25) is 5.91 Å². The van der Waals surface area contributed by atoms with Crippen molar-refractivity contribution in [2.75, 3.05) is 20.6 Å². The van der Waals surface area contributed by atoms with E-state index in [1.54, 1.807) is 0 Å². The Morgan fingerprint density at radius 1 is 1.30 bits per heavy atom. The molecule has 0 aliphatic carbocycles. The number of hydrogen-bond donors (Lipinski definition) is 1. The molecule has 0 unspecified atom stereocenters. The number of likely N-dealkylation sites (N-methyl/N-ethyl adjacent to an activating group) is 1. The Balaban J connectivity index is 2.96. The van der Waals surface area contributed by atoms with Crippen LogP contribution in [0.2, 0.25) is 0 Å². The number of nitrogens with one attached hydrogen (secondary N) is 1. The molecule has 0 bridgehead atoms. The Bertz CT molecular complexity index is 530. The molecule has 1 aromatic carbocycles. The molecule has 0 aromatic heterocycles. The summed E-state index contributed by atoms with van der Waals surface area (Å²) in [4.78, 5) is 24.3. The van der Waals surface area contributed by atoms with Crippen molar-refractivity contribution in [3.63, 3.8) is 0 Å². The first-order valence-electron chi connectivity index (χ1n) is 5.48. The molecule has 0 heterocycles. The highest BCUT2D eigenvalue weighted by molar-refractivity contribution is 9.10. The Morgan fingerprint density at radius 3 is 2.40 bits per heavy atom. The van der Waals surface area contributed by atoms with Gasteiger partial charge in [0.1, 0.15) is 0 Å². The van der Waals surface area contributed by atoms with E-state index in [2.05, 4.69) is 21.2 Å². The average Bonchev–Trinajstić information content (AvgIpc) is 2.34. The summed E-state index contributed by atoms with van der Waals surface area (Å²) >= 11 is 2.93. The Hall–Kier alpha value is -1.57. The second kappa shape index (κ2) is 6.25. The third-order valence-corrected chi connectivity index (χ3v) is 2.92. The Kier molecular flexibility index (Phi) is 5.15. The van der Waals surface area contributed by atoms with Crippen molar-refractivity contribution in [1.29, 1.82) is 0 Å². The predicted molar refractivity (Wildman–Crippen MR) is 70.2 cm³/mol. The SMILES string of the molecule is CN(C)C(=O)CNC(=O)c1ccc(Br)cc1C(F)(F)F. The van der Waals surface area contributed by atoms with Crippen molar-refractivity contribution in [3.8, 4) is 0 Å². The summed E-state index contributed by atoms with van der Waals surface area (Å²) < 4.78 is 38.7. The van der Waals surface area contributed by atoms with Gasteiger partial charge in [-0.2, -0.15) is 13.2 Å². The molecule has 0 fully saturated rings. The quantitative estimate of drug-likeness (QED) is 0.907. The molecule has 0 spiro atoms. The summed E-state index contributed by atoms with van der Waals surface area (Å²) in [5.74, 6) is -1.36. The van der Waals surface area contributed by atoms with Crippen LogP contribution in [0.4, 0.5) is 13.2 Å². The van der Waals surface area contributed by atoms with Crippen molar-refractivity contribution in [1.82, 2.24) is 10.2 Å². The van der Waals surface area contributed by atoms with Gasteiger partial charge >= 0.3 is 6.18 Å². The van der Waals surface area contributed by atoms with Gasteiger partial charge in [0, 0.05) is 18.6 Å². The number of amides is 2. The van der Waals surface area contributed by atoms with Crippen LogP contribution in [-0.4, -0.2) is 37.4 Å². The van der Waals surface area contributed by atoms with Crippen LogP contribution in [0.3, 0.4) is 0 Å². The number of nitrogens with zero attached hydrogens (tertiary/aromatic N) is 1. The zero-order valence-corrected chi connectivity index (χ0v) is 12.3. The van der Waals surface area contributed by atoms with Crippen molar-refractivity contribution in [3.05, 3.63) is 33.8 Å². The van der Waals surface area contributed by atoms with E-state index in [0.717, 1.165) is 12.1 Å². The number of hydrogen-bond acceptors (Lipinski definition) is 2. The summed E-state index contributed by atoms with van der Waals surface area (Å²) in [6.07, 6.45) is -4.65. The molecule has 20 heavy (non-hydrogen) atoms. The number of carbonyl (C=O) groups excluding carboxylic acids is 2. The number of carbonyl (C=O) groups is 2. The molecular formula is C12H12BrF3N2O2. The lowest BCUT2D eigenvalue weighted by Gasteiger charge is -2.14. The van der Waals surface area contributed by atoms with Crippen molar-refractivity contribution >= 4 is 27.7 Å². The molecule has 0 aliphatic rings. The first kappa shape index (κ1) is 16.5. The largest absolute Gasteiger partial charge is 0.417 e. The van der Waals surface area contributed by atoms with E-state index < -0.39 is 29.1 Å². The van der Waals surface area contributed by atoms with Crippen molar-refractivity contribution in [2.24, 2.45) is 0 Å². The molecule has 1 aromatic rings. The topological polar surface area (TPSA) is 49.4 Å². The number of benzene rings is 1. The van der Waals surface area contributed by atoms with Crippen LogP contribution in [-0.2, 0) is 11.0 Å². The highest BCUT2D eigenvalue weighted by Crippen LogP contribution is 2.33. The van der Waals surface area contributed by atoms with Gasteiger partial charge in [-0.25, -0.2) is 0 Å². The minimum Gasteiger partial charge on any atom is -0.347 e. The van der Waals surface area contributed by atoms with Gasteiger partial charge in [-0.05, 0) is 18.2 Å². The molecule has 1 rings (SSSR count). The van der Waals surface area contributed by atoms with Gasteiger partial charge in [-0.1, -0.05) is 15.9 Å². The molecule has 0 atom stereocenters.